The van der Waals surface area contributed by atoms with Gasteiger partial charge >= 0.3 is 0 Å². The first kappa shape index (κ1) is 12.4. The first-order valence-electron chi connectivity index (χ1n) is 5.12. The van der Waals surface area contributed by atoms with Gasteiger partial charge in [-0.25, -0.2) is 0 Å². The van der Waals surface area contributed by atoms with Crippen molar-refractivity contribution < 1.29 is 4.79 Å². The Balaban J connectivity index is 4.22. The summed E-state index contributed by atoms with van der Waals surface area (Å²) < 4.78 is 0. The van der Waals surface area contributed by atoms with Crippen molar-refractivity contribution in [3.63, 3.8) is 0 Å². The molecule has 3 nitrogen and oxygen atoms in total. The average molecular weight is 186 g/mol. The summed E-state index contributed by atoms with van der Waals surface area (Å²) in [5.74, 6) is 0.354. The van der Waals surface area contributed by atoms with Crippen molar-refractivity contribution in [2.24, 2.45) is 11.7 Å². The summed E-state index contributed by atoms with van der Waals surface area (Å²) in [6.45, 7) is 9.53. The van der Waals surface area contributed by atoms with Crippen molar-refractivity contribution >= 4 is 5.91 Å². The van der Waals surface area contributed by atoms with Gasteiger partial charge < -0.3 is 10.6 Å². The van der Waals surface area contributed by atoms with Gasteiger partial charge in [0.15, 0.2) is 0 Å². The molecule has 0 saturated carbocycles. The number of hydrogen-bond donors (Lipinski definition) is 1. The Hall–Kier alpha value is -0.570. The van der Waals surface area contributed by atoms with E-state index in [0.29, 0.717) is 0 Å². The molecule has 1 amide bonds. The molecule has 0 heterocycles. The molecule has 0 spiro atoms. The maximum absolute atomic E-state index is 11.7. The Labute approximate surface area is 81.3 Å². The lowest BCUT2D eigenvalue weighted by Gasteiger charge is -2.25. The van der Waals surface area contributed by atoms with Crippen LogP contribution >= 0.6 is 0 Å². The molecular weight excluding hydrogens is 164 g/mol. The molecule has 3 heteroatoms. The van der Waals surface area contributed by atoms with Gasteiger partial charge in [-0.1, -0.05) is 20.3 Å². The minimum atomic E-state index is -0.329. The van der Waals surface area contributed by atoms with Gasteiger partial charge in [0.05, 0.1) is 6.04 Å². The zero-order valence-electron chi connectivity index (χ0n) is 9.21. The zero-order chi connectivity index (χ0) is 10.4. The standard InChI is InChI=1S/C10H22N2O/c1-5-8(4)9(11)10(13)12(6-2)7-3/h8-9H,5-7,11H2,1-4H3/t8-,9-/m1/s1. The van der Waals surface area contributed by atoms with Gasteiger partial charge in [-0.2, -0.15) is 0 Å². The predicted molar refractivity (Wildman–Crippen MR) is 55.4 cm³/mol. The van der Waals surface area contributed by atoms with Gasteiger partial charge in [0, 0.05) is 13.1 Å². The van der Waals surface area contributed by atoms with E-state index in [9.17, 15) is 4.79 Å². The summed E-state index contributed by atoms with van der Waals surface area (Å²) in [5, 5.41) is 0. The Morgan fingerprint density at radius 3 is 2.08 bits per heavy atom. The lowest BCUT2D eigenvalue weighted by atomic mass is 9.99. The van der Waals surface area contributed by atoms with E-state index in [4.69, 9.17) is 5.73 Å². The molecule has 0 aromatic carbocycles. The second-order valence-corrected chi connectivity index (χ2v) is 3.42. The quantitative estimate of drug-likeness (QED) is 0.702. The monoisotopic (exact) mass is 186 g/mol. The summed E-state index contributed by atoms with van der Waals surface area (Å²) in [6.07, 6.45) is 0.953. The summed E-state index contributed by atoms with van der Waals surface area (Å²) in [5.41, 5.74) is 5.83. The highest BCUT2D eigenvalue weighted by atomic mass is 16.2. The largest absolute Gasteiger partial charge is 0.342 e. The number of nitrogens with zero attached hydrogens (tertiary/aromatic N) is 1. The molecule has 2 atom stereocenters. The minimum Gasteiger partial charge on any atom is -0.342 e. The minimum absolute atomic E-state index is 0.0827. The van der Waals surface area contributed by atoms with Gasteiger partial charge in [0.1, 0.15) is 0 Å². The lowest BCUT2D eigenvalue weighted by molar-refractivity contribution is -0.133. The molecular formula is C10H22N2O. The molecule has 0 rings (SSSR count). The van der Waals surface area contributed by atoms with Crippen molar-refractivity contribution in [1.29, 1.82) is 0 Å². The van der Waals surface area contributed by atoms with Gasteiger partial charge in [-0.3, -0.25) is 4.79 Å². The van der Waals surface area contributed by atoms with E-state index in [1.807, 2.05) is 20.8 Å². The van der Waals surface area contributed by atoms with Crippen LogP contribution < -0.4 is 5.73 Å². The van der Waals surface area contributed by atoms with Crippen LogP contribution in [0.15, 0.2) is 0 Å². The first-order valence-corrected chi connectivity index (χ1v) is 5.12. The number of nitrogens with two attached hydrogens (primary N) is 1. The third kappa shape index (κ3) is 3.35. The van der Waals surface area contributed by atoms with Crippen LogP contribution in [0.3, 0.4) is 0 Å². The highest BCUT2D eigenvalue weighted by molar-refractivity contribution is 5.81. The van der Waals surface area contributed by atoms with Gasteiger partial charge in [0.2, 0.25) is 5.91 Å². The average Bonchev–Trinajstić information content (AvgIpc) is 2.17. The van der Waals surface area contributed by atoms with E-state index >= 15 is 0 Å². The SMILES string of the molecule is CC[C@@H](C)[C@@H](N)C(=O)N(CC)CC. The molecule has 78 valence electrons. The van der Waals surface area contributed by atoms with Crippen LogP contribution in [0.2, 0.25) is 0 Å². The zero-order valence-corrected chi connectivity index (χ0v) is 9.21. The third-order valence-corrected chi connectivity index (χ3v) is 2.62. The van der Waals surface area contributed by atoms with Crippen LogP contribution in [0.4, 0.5) is 0 Å². The highest BCUT2D eigenvalue weighted by Gasteiger charge is 2.22. The number of carbonyl (C=O) groups is 1. The molecule has 0 radical (unpaired) electrons. The normalized spacial score (nSPS) is 15.2. The number of rotatable bonds is 5. The van der Waals surface area contributed by atoms with Crippen LogP contribution in [-0.4, -0.2) is 29.9 Å². The fourth-order valence-electron chi connectivity index (χ4n) is 1.24. The van der Waals surface area contributed by atoms with Crippen LogP contribution in [0.5, 0.6) is 0 Å². The Morgan fingerprint density at radius 2 is 1.77 bits per heavy atom. The van der Waals surface area contributed by atoms with E-state index < -0.39 is 0 Å². The van der Waals surface area contributed by atoms with Gasteiger partial charge in [0.25, 0.3) is 0 Å². The van der Waals surface area contributed by atoms with E-state index in [1.165, 1.54) is 0 Å². The van der Waals surface area contributed by atoms with E-state index in [-0.39, 0.29) is 17.9 Å². The van der Waals surface area contributed by atoms with Crippen LogP contribution in [0, 0.1) is 5.92 Å². The molecule has 2 N–H and O–H groups in total. The smallest absolute Gasteiger partial charge is 0.239 e. The second-order valence-electron chi connectivity index (χ2n) is 3.42. The maximum atomic E-state index is 11.7. The number of likely N-dealkylation sites (N-methyl/N-ethyl adjacent to an activating group) is 1. The first-order chi connectivity index (χ1) is 6.08. The van der Waals surface area contributed by atoms with Crippen molar-refractivity contribution in [1.82, 2.24) is 4.90 Å². The number of hydrogen-bond acceptors (Lipinski definition) is 2. The van der Waals surface area contributed by atoms with Crippen LogP contribution in [0.25, 0.3) is 0 Å². The molecule has 0 bridgehead atoms. The van der Waals surface area contributed by atoms with Crippen molar-refractivity contribution in [2.75, 3.05) is 13.1 Å². The van der Waals surface area contributed by atoms with Crippen molar-refractivity contribution in [2.45, 2.75) is 40.2 Å². The van der Waals surface area contributed by atoms with Crippen molar-refractivity contribution in [3.8, 4) is 0 Å². The third-order valence-electron chi connectivity index (χ3n) is 2.62. The maximum Gasteiger partial charge on any atom is 0.239 e. The Kier molecular flexibility index (Phi) is 5.71. The summed E-state index contributed by atoms with van der Waals surface area (Å²) in [4.78, 5) is 13.5. The molecule has 0 saturated heterocycles. The summed E-state index contributed by atoms with van der Waals surface area (Å²) in [6, 6.07) is -0.329. The molecule has 0 aromatic rings. The topological polar surface area (TPSA) is 46.3 Å². The van der Waals surface area contributed by atoms with E-state index in [2.05, 4.69) is 6.92 Å². The lowest BCUT2D eigenvalue weighted by Crippen LogP contribution is -2.46. The molecule has 0 unspecified atom stereocenters. The Morgan fingerprint density at radius 1 is 1.31 bits per heavy atom. The fraction of sp³-hybridized carbons (Fsp3) is 0.900. The molecule has 13 heavy (non-hydrogen) atoms. The van der Waals surface area contributed by atoms with Crippen LogP contribution in [0.1, 0.15) is 34.1 Å². The van der Waals surface area contributed by atoms with Gasteiger partial charge in [-0.15, -0.1) is 0 Å². The van der Waals surface area contributed by atoms with E-state index in [0.717, 1.165) is 19.5 Å². The number of carbonyl (C=O) groups excluding carboxylic acids is 1. The highest BCUT2D eigenvalue weighted by Crippen LogP contribution is 2.08. The van der Waals surface area contributed by atoms with Gasteiger partial charge in [-0.05, 0) is 19.8 Å². The molecule has 0 aliphatic rings. The summed E-state index contributed by atoms with van der Waals surface area (Å²) in [7, 11) is 0. The van der Waals surface area contributed by atoms with Crippen molar-refractivity contribution in [3.05, 3.63) is 0 Å². The summed E-state index contributed by atoms with van der Waals surface area (Å²) >= 11 is 0. The molecule has 0 aliphatic carbocycles. The Bertz CT molecular complexity index is 155. The molecule has 0 aliphatic heterocycles. The van der Waals surface area contributed by atoms with Crippen LogP contribution in [-0.2, 0) is 4.79 Å². The molecule has 0 aromatic heterocycles. The second kappa shape index (κ2) is 5.97. The molecule has 0 fully saturated rings. The number of amides is 1. The fourth-order valence-corrected chi connectivity index (χ4v) is 1.24. The predicted octanol–water partition coefficient (Wildman–Crippen LogP) is 1.23. The van der Waals surface area contributed by atoms with E-state index in [1.54, 1.807) is 4.90 Å².